The molecule has 1 aliphatic rings. The van der Waals surface area contributed by atoms with Gasteiger partial charge in [-0.1, -0.05) is 135 Å². The van der Waals surface area contributed by atoms with Crippen LogP contribution >= 0.6 is 0 Å². The molecule has 0 heterocycles. The summed E-state index contributed by atoms with van der Waals surface area (Å²) in [5.41, 5.74) is 7.44. The highest BCUT2D eigenvalue weighted by molar-refractivity contribution is 5.94. The third kappa shape index (κ3) is 15.1. The quantitative estimate of drug-likeness (QED) is 0.145. The molecule has 0 atom stereocenters. The average molecular weight is 569 g/mol. The van der Waals surface area contributed by atoms with Gasteiger partial charge in [-0.05, 0) is 90.7 Å². The van der Waals surface area contributed by atoms with E-state index in [9.17, 15) is 9.59 Å². The third-order valence-corrected chi connectivity index (χ3v) is 7.82. The highest BCUT2D eigenvalue weighted by Crippen LogP contribution is 2.40. The molecule has 0 radical (unpaired) electrons. The Balaban J connectivity index is 2.62. The minimum absolute atomic E-state index is 0.0944. The van der Waals surface area contributed by atoms with E-state index in [0.29, 0.717) is 12.8 Å². The second-order valence-corrected chi connectivity index (χ2v) is 13.1. The predicted molar refractivity (Wildman–Crippen MR) is 184 cm³/mol. The van der Waals surface area contributed by atoms with Crippen LogP contribution in [0.3, 0.4) is 0 Å². The number of allylic oxidation sites excluding steroid dienone is 20. The van der Waals surface area contributed by atoms with Crippen molar-refractivity contribution >= 4 is 11.6 Å². The van der Waals surface area contributed by atoms with E-state index in [-0.39, 0.29) is 17.0 Å². The maximum absolute atomic E-state index is 12.6. The Morgan fingerprint density at radius 1 is 0.738 bits per heavy atom. The lowest BCUT2D eigenvalue weighted by molar-refractivity contribution is -0.123. The molecule has 1 aliphatic carbocycles. The molecule has 2 heteroatoms. The molecule has 0 aromatic rings. The van der Waals surface area contributed by atoms with Crippen LogP contribution in [0.5, 0.6) is 0 Å². The zero-order valence-electron chi connectivity index (χ0n) is 28.1. The number of hydrogen-bond acceptors (Lipinski definition) is 2. The molecule has 0 saturated heterocycles. The standard InChI is InChI=1S/C40H56O2/c1-31(19-13-21-33(3)25-27-37-35(5)23-15-29-39(37,7)8)17-11-12-18-32(2)20-14-22-34(4)26-28-38(42)40(9,10)30-16-24-36(6)41/h11-14,17-22,25-28H,15-16,23-24,29-30H2,1-10H3/b12-11+,19-13+,20-14+,27-25+,28-26+,31-17+,32-18+,33-21+,34-22+. The Kier molecular flexibility index (Phi) is 16.0. The molecule has 0 amide bonds. The first-order valence-corrected chi connectivity index (χ1v) is 15.5. The van der Waals surface area contributed by atoms with Gasteiger partial charge < -0.3 is 4.79 Å². The zero-order chi connectivity index (χ0) is 31.8. The Hall–Kier alpha value is -3.26. The van der Waals surface area contributed by atoms with Gasteiger partial charge in [-0.15, -0.1) is 0 Å². The largest absolute Gasteiger partial charge is 0.300 e. The van der Waals surface area contributed by atoms with Crippen molar-refractivity contribution in [1.82, 2.24) is 0 Å². The summed E-state index contributed by atoms with van der Waals surface area (Å²) >= 11 is 0. The van der Waals surface area contributed by atoms with Crippen LogP contribution in [-0.4, -0.2) is 11.6 Å². The summed E-state index contributed by atoms with van der Waals surface area (Å²) in [6.07, 6.45) is 34.6. The minimum atomic E-state index is -0.452. The van der Waals surface area contributed by atoms with Crippen LogP contribution in [0.15, 0.2) is 119 Å². The molecule has 0 bridgehead atoms. The summed E-state index contributed by atoms with van der Waals surface area (Å²) in [6, 6.07) is 0. The maximum atomic E-state index is 12.6. The molecule has 1 rings (SSSR count). The van der Waals surface area contributed by atoms with Gasteiger partial charge in [0.1, 0.15) is 5.78 Å². The summed E-state index contributed by atoms with van der Waals surface area (Å²) < 4.78 is 0. The summed E-state index contributed by atoms with van der Waals surface area (Å²) in [5, 5.41) is 0. The van der Waals surface area contributed by atoms with Gasteiger partial charge in [0.25, 0.3) is 0 Å². The van der Waals surface area contributed by atoms with Crippen molar-refractivity contribution in [3.63, 3.8) is 0 Å². The molecule has 0 aromatic carbocycles. The van der Waals surface area contributed by atoms with Crippen molar-refractivity contribution in [1.29, 1.82) is 0 Å². The second-order valence-electron chi connectivity index (χ2n) is 13.1. The monoisotopic (exact) mass is 568 g/mol. The van der Waals surface area contributed by atoms with E-state index < -0.39 is 5.41 Å². The van der Waals surface area contributed by atoms with Gasteiger partial charge in [0.2, 0.25) is 0 Å². The SMILES string of the molecule is CC(=O)CCCC(C)(C)C(=O)/C=C/C(C)=C/C=C/C(C)=C/C=C/C=C(C)/C=C/C=C(C)/C=C/C1=C(C)CCCC1(C)C. The molecule has 228 valence electrons. The van der Waals surface area contributed by atoms with Gasteiger partial charge in [0.15, 0.2) is 5.78 Å². The van der Waals surface area contributed by atoms with E-state index in [2.05, 4.69) is 96.2 Å². The third-order valence-electron chi connectivity index (χ3n) is 7.82. The van der Waals surface area contributed by atoms with Crippen LogP contribution in [0.1, 0.15) is 108 Å². The Bertz CT molecular complexity index is 1240. The van der Waals surface area contributed by atoms with Crippen molar-refractivity contribution in [3.8, 4) is 0 Å². The lowest BCUT2D eigenvalue weighted by Gasteiger charge is -2.32. The molecule has 42 heavy (non-hydrogen) atoms. The fourth-order valence-corrected chi connectivity index (χ4v) is 4.90. The van der Waals surface area contributed by atoms with E-state index in [1.165, 1.54) is 41.6 Å². The van der Waals surface area contributed by atoms with Crippen molar-refractivity contribution in [2.45, 2.75) is 108 Å². The normalized spacial score (nSPS) is 18.1. The van der Waals surface area contributed by atoms with Gasteiger partial charge in [0, 0.05) is 11.8 Å². The Morgan fingerprint density at radius 3 is 1.76 bits per heavy atom. The Labute approximate surface area is 257 Å². The number of carbonyl (C=O) groups is 2. The summed E-state index contributed by atoms with van der Waals surface area (Å²) in [4.78, 5) is 23.7. The van der Waals surface area contributed by atoms with E-state index >= 15 is 0 Å². The van der Waals surface area contributed by atoms with Gasteiger partial charge in [-0.2, -0.15) is 0 Å². The molecule has 0 saturated carbocycles. The fraction of sp³-hybridized carbons (Fsp3) is 0.450. The molecule has 0 unspecified atom stereocenters. The highest BCUT2D eigenvalue weighted by atomic mass is 16.1. The van der Waals surface area contributed by atoms with Crippen molar-refractivity contribution < 1.29 is 9.59 Å². The second kappa shape index (κ2) is 18.3. The minimum Gasteiger partial charge on any atom is -0.300 e. The van der Waals surface area contributed by atoms with Crippen molar-refractivity contribution in [2.24, 2.45) is 10.8 Å². The summed E-state index contributed by atoms with van der Waals surface area (Å²) in [6.45, 7) is 20.8. The summed E-state index contributed by atoms with van der Waals surface area (Å²) in [5.74, 6) is 0.268. The molecular formula is C40H56O2. The molecule has 0 aliphatic heterocycles. The predicted octanol–water partition coefficient (Wildman–Crippen LogP) is 11.4. The Morgan fingerprint density at radius 2 is 1.24 bits per heavy atom. The fourth-order valence-electron chi connectivity index (χ4n) is 4.90. The topological polar surface area (TPSA) is 34.1 Å². The molecule has 0 spiro atoms. The van der Waals surface area contributed by atoms with Crippen LogP contribution < -0.4 is 0 Å². The van der Waals surface area contributed by atoms with Crippen LogP contribution in [0.2, 0.25) is 0 Å². The van der Waals surface area contributed by atoms with Gasteiger partial charge in [-0.25, -0.2) is 0 Å². The maximum Gasteiger partial charge on any atom is 0.161 e. The lowest BCUT2D eigenvalue weighted by Crippen LogP contribution is -2.22. The zero-order valence-corrected chi connectivity index (χ0v) is 28.1. The van der Waals surface area contributed by atoms with E-state index in [4.69, 9.17) is 0 Å². The van der Waals surface area contributed by atoms with E-state index in [1.807, 2.05) is 45.1 Å². The lowest BCUT2D eigenvalue weighted by atomic mass is 9.72. The molecule has 0 fully saturated rings. The van der Waals surface area contributed by atoms with Crippen LogP contribution in [-0.2, 0) is 9.59 Å². The molecule has 0 aromatic heterocycles. The van der Waals surface area contributed by atoms with Gasteiger partial charge in [0.05, 0.1) is 0 Å². The number of ketones is 2. The van der Waals surface area contributed by atoms with Gasteiger partial charge >= 0.3 is 0 Å². The number of rotatable bonds is 15. The van der Waals surface area contributed by atoms with E-state index in [1.54, 1.807) is 13.0 Å². The average Bonchev–Trinajstić information content (AvgIpc) is 2.88. The molecule has 0 N–H and O–H groups in total. The smallest absolute Gasteiger partial charge is 0.161 e. The van der Waals surface area contributed by atoms with Crippen LogP contribution in [0, 0.1) is 10.8 Å². The van der Waals surface area contributed by atoms with Crippen molar-refractivity contribution in [2.75, 3.05) is 0 Å². The van der Waals surface area contributed by atoms with Crippen LogP contribution in [0.4, 0.5) is 0 Å². The highest BCUT2D eigenvalue weighted by Gasteiger charge is 2.26. The van der Waals surface area contributed by atoms with Crippen LogP contribution in [0.25, 0.3) is 0 Å². The number of hydrogen-bond donors (Lipinski definition) is 0. The molecule has 2 nitrogen and oxygen atoms in total. The first-order chi connectivity index (χ1) is 19.6. The van der Waals surface area contributed by atoms with Gasteiger partial charge in [-0.3, -0.25) is 4.79 Å². The molecular weight excluding hydrogens is 512 g/mol. The number of carbonyl (C=O) groups excluding carboxylic acids is 2. The first-order valence-electron chi connectivity index (χ1n) is 15.5. The summed E-state index contributed by atoms with van der Waals surface area (Å²) in [7, 11) is 0. The van der Waals surface area contributed by atoms with Crippen molar-refractivity contribution in [3.05, 3.63) is 119 Å². The van der Waals surface area contributed by atoms with E-state index in [0.717, 1.165) is 17.6 Å². The first kappa shape index (κ1) is 36.8. The number of Topliss-reactive ketones (excluding diaryl/α,β-unsaturated/α-hetero) is 1.